The van der Waals surface area contributed by atoms with Crippen LogP contribution in [0.3, 0.4) is 0 Å². The van der Waals surface area contributed by atoms with Crippen molar-refractivity contribution in [1.29, 1.82) is 0 Å². The van der Waals surface area contributed by atoms with Crippen LogP contribution in [0.15, 0.2) is 40.4 Å². The van der Waals surface area contributed by atoms with Crippen molar-refractivity contribution in [3.05, 3.63) is 57.2 Å². The number of carbonyl (C=O) groups excluding carboxylic acids is 1. The Bertz CT molecular complexity index is 918. The standard InChI is InChI=1S/C18H18N4OS3/c1-3-12-6-4-5-11(2)15(12)20-18(24)22-21-16(23)14-10-26-17(19-14)13-7-8-25-9-13/h4-10H,3H2,1-2H3,(H,21,23)(H2,20,22,24). The first kappa shape index (κ1) is 18.5. The molecule has 0 spiro atoms. The van der Waals surface area contributed by atoms with Crippen LogP contribution in [0, 0.1) is 6.92 Å². The van der Waals surface area contributed by atoms with Crippen molar-refractivity contribution in [2.45, 2.75) is 20.3 Å². The second-order valence-electron chi connectivity index (χ2n) is 5.55. The van der Waals surface area contributed by atoms with E-state index in [1.807, 2.05) is 35.9 Å². The van der Waals surface area contributed by atoms with Crippen molar-refractivity contribution < 1.29 is 4.79 Å². The Balaban J connectivity index is 1.59. The smallest absolute Gasteiger partial charge is 0.289 e. The molecule has 3 rings (SSSR count). The Labute approximate surface area is 165 Å². The summed E-state index contributed by atoms with van der Waals surface area (Å²) in [5, 5.41) is 10.0. The molecule has 3 aromatic rings. The van der Waals surface area contributed by atoms with E-state index in [1.54, 1.807) is 16.7 Å². The molecule has 0 unspecified atom stereocenters. The summed E-state index contributed by atoms with van der Waals surface area (Å²) < 4.78 is 0. The molecule has 134 valence electrons. The van der Waals surface area contributed by atoms with Crippen LogP contribution in [0.4, 0.5) is 5.69 Å². The highest BCUT2D eigenvalue weighted by Gasteiger charge is 2.13. The number of hydrazine groups is 1. The zero-order valence-electron chi connectivity index (χ0n) is 14.3. The summed E-state index contributed by atoms with van der Waals surface area (Å²) >= 11 is 8.33. The maximum absolute atomic E-state index is 12.3. The van der Waals surface area contributed by atoms with Gasteiger partial charge in [-0.1, -0.05) is 25.1 Å². The third kappa shape index (κ3) is 4.27. The quantitative estimate of drug-likeness (QED) is 0.447. The fourth-order valence-electron chi connectivity index (χ4n) is 2.42. The van der Waals surface area contributed by atoms with Crippen LogP contribution < -0.4 is 16.2 Å². The summed E-state index contributed by atoms with van der Waals surface area (Å²) in [5.74, 6) is -0.327. The largest absolute Gasteiger partial charge is 0.331 e. The molecule has 0 radical (unpaired) electrons. The number of hydrogen-bond donors (Lipinski definition) is 3. The first-order valence-corrected chi connectivity index (χ1v) is 10.3. The highest BCUT2D eigenvalue weighted by Crippen LogP contribution is 2.25. The van der Waals surface area contributed by atoms with E-state index in [9.17, 15) is 4.79 Å². The maximum atomic E-state index is 12.3. The monoisotopic (exact) mass is 402 g/mol. The highest BCUT2D eigenvalue weighted by molar-refractivity contribution is 7.80. The average Bonchev–Trinajstić information content (AvgIpc) is 3.32. The lowest BCUT2D eigenvalue weighted by atomic mass is 10.1. The van der Waals surface area contributed by atoms with Crippen LogP contribution in [-0.2, 0) is 6.42 Å². The summed E-state index contributed by atoms with van der Waals surface area (Å²) in [4.78, 5) is 16.6. The lowest BCUT2D eigenvalue weighted by molar-refractivity contribution is 0.0940. The molecule has 0 aliphatic heterocycles. The topological polar surface area (TPSA) is 66.0 Å². The van der Waals surface area contributed by atoms with Crippen molar-refractivity contribution in [3.63, 3.8) is 0 Å². The minimum atomic E-state index is -0.327. The van der Waals surface area contributed by atoms with Gasteiger partial charge in [-0.25, -0.2) is 4.98 Å². The van der Waals surface area contributed by atoms with Crippen molar-refractivity contribution in [2.24, 2.45) is 0 Å². The number of thiocarbonyl (C=S) groups is 1. The summed E-state index contributed by atoms with van der Waals surface area (Å²) in [6.45, 7) is 4.11. The molecule has 0 saturated heterocycles. The number of nitrogens with one attached hydrogen (secondary N) is 3. The number of thiazole rings is 1. The van der Waals surface area contributed by atoms with Gasteiger partial charge >= 0.3 is 0 Å². The Morgan fingerprint density at radius 1 is 1.23 bits per heavy atom. The van der Waals surface area contributed by atoms with Gasteiger partial charge in [0.25, 0.3) is 5.91 Å². The fourth-order valence-corrected chi connectivity index (χ4v) is 4.09. The zero-order valence-corrected chi connectivity index (χ0v) is 16.8. The van der Waals surface area contributed by atoms with E-state index >= 15 is 0 Å². The van der Waals surface area contributed by atoms with Crippen LogP contribution in [0.5, 0.6) is 0 Å². The predicted molar refractivity (Wildman–Crippen MR) is 113 cm³/mol. The van der Waals surface area contributed by atoms with Crippen LogP contribution >= 0.6 is 34.9 Å². The number of rotatable bonds is 4. The number of hydrogen-bond acceptors (Lipinski definition) is 5. The second-order valence-corrected chi connectivity index (χ2v) is 7.59. The molecule has 0 bridgehead atoms. The van der Waals surface area contributed by atoms with Gasteiger partial charge < -0.3 is 5.32 Å². The van der Waals surface area contributed by atoms with Crippen molar-refractivity contribution in [2.75, 3.05) is 5.32 Å². The van der Waals surface area contributed by atoms with Crippen LogP contribution in [0.1, 0.15) is 28.5 Å². The van der Waals surface area contributed by atoms with E-state index in [0.717, 1.165) is 28.2 Å². The van der Waals surface area contributed by atoms with Gasteiger partial charge in [0.2, 0.25) is 0 Å². The molecule has 5 nitrogen and oxygen atoms in total. The van der Waals surface area contributed by atoms with Crippen LogP contribution in [-0.4, -0.2) is 16.0 Å². The highest BCUT2D eigenvalue weighted by atomic mass is 32.1. The summed E-state index contributed by atoms with van der Waals surface area (Å²) in [6.07, 6.45) is 0.892. The van der Waals surface area contributed by atoms with Crippen LogP contribution in [0.25, 0.3) is 10.6 Å². The van der Waals surface area contributed by atoms with Gasteiger partial charge in [-0.2, -0.15) is 11.3 Å². The third-order valence-corrected chi connectivity index (χ3v) is 5.55. The Morgan fingerprint density at radius 2 is 2.08 bits per heavy atom. The molecule has 0 atom stereocenters. The molecule has 3 N–H and O–H groups in total. The lowest BCUT2D eigenvalue weighted by Gasteiger charge is -2.15. The summed E-state index contributed by atoms with van der Waals surface area (Å²) in [6, 6.07) is 8.07. The normalized spacial score (nSPS) is 10.4. The minimum Gasteiger partial charge on any atom is -0.331 e. The van der Waals surface area contributed by atoms with Gasteiger partial charge in [0, 0.05) is 22.0 Å². The maximum Gasteiger partial charge on any atom is 0.289 e. The third-order valence-electron chi connectivity index (χ3n) is 3.77. The van der Waals surface area contributed by atoms with Gasteiger partial charge in [-0.3, -0.25) is 15.6 Å². The van der Waals surface area contributed by atoms with Crippen molar-refractivity contribution >= 4 is 51.6 Å². The molecular formula is C18H18N4OS3. The Hall–Kier alpha value is -2.29. The Kier molecular flexibility index (Phi) is 5.97. The van der Waals surface area contributed by atoms with E-state index in [2.05, 4.69) is 34.1 Å². The number of amides is 1. The molecule has 0 fully saturated rings. The van der Waals surface area contributed by atoms with Gasteiger partial charge in [-0.05, 0) is 48.1 Å². The molecule has 26 heavy (non-hydrogen) atoms. The number of benzene rings is 1. The van der Waals surface area contributed by atoms with Crippen molar-refractivity contribution in [1.82, 2.24) is 15.8 Å². The molecule has 0 aliphatic carbocycles. The second kappa shape index (κ2) is 8.39. The van der Waals surface area contributed by atoms with E-state index in [-0.39, 0.29) is 5.91 Å². The van der Waals surface area contributed by atoms with Gasteiger partial charge in [-0.15, -0.1) is 11.3 Å². The van der Waals surface area contributed by atoms with E-state index in [0.29, 0.717) is 10.8 Å². The zero-order chi connectivity index (χ0) is 18.5. The molecule has 0 aliphatic rings. The number of anilines is 1. The summed E-state index contributed by atoms with van der Waals surface area (Å²) in [7, 11) is 0. The number of aryl methyl sites for hydroxylation is 2. The molecule has 2 heterocycles. The molecule has 8 heteroatoms. The SMILES string of the molecule is CCc1cccc(C)c1NC(=S)NNC(=O)c1csc(-c2ccsc2)n1. The number of nitrogens with zero attached hydrogens (tertiary/aromatic N) is 1. The number of thiophene rings is 1. The van der Waals surface area contributed by atoms with E-state index in [4.69, 9.17) is 12.2 Å². The molecule has 1 aromatic carbocycles. The lowest BCUT2D eigenvalue weighted by Crippen LogP contribution is -2.44. The van der Waals surface area contributed by atoms with E-state index in [1.165, 1.54) is 16.9 Å². The number of aromatic nitrogens is 1. The number of para-hydroxylation sites is 1. The van der Waals surface area contributed by atoms with Crippen molar-refractivity contribution in [3.8, 4) is 10.6 Å². The van der Waals surface area contributed by atoms with Gasteiger partial charge in [0.15, 0.2) is 5.11 Å². The summed E-state index contributed by atoms with van der Waals surface area (Å²) in [5.41, 5.74) is 9.94. The fraction of sp³-hybridized carbons (Fsp3) is 0.167. The first-order chi connectivity index (χ1) is 12.6. The predicted octanol–water partition coefficient (Wildman–Crippen LogP) is 4.37. The number of carbonyl (C=O) groups is 1. The van der Waals surface area contributed by atoms with Gasteiger partial charge in [0.1, 0.15) is 10.7 Å². The van der Waals surface area contributed by atoms with E-state index < -0.39 is 0 Å². The first-order valence-electron chi connectivity index (χ1n) is 8.02. The molecule has 2 aromatic heterocycles. The average molecular weight is 403 g/mol. The van der Waals surface area contributed by atoms with Gasteiger partial charge in [0.05, 0.1) is 0 Å². The molecule has 1 amide bonds. The molecule has 0 saturated carbocycles. The Morgan fingerprint density at radius 3 is 2.81 bits per heavy atom. The molecular weight excluding hydrogens is 384 g/mol. The van der Waals surface area contributed by atoms with Crippen LogP contribution in [0.2, 0.25) is 0 Å². The minimum absolute atomic E-state index is 0.327.